The van der Waals surface area contributed by atoms with Crippen molar-refractivity contribution in [2.24, 2.45) is 16.8 Å². The summed E-state index contributed by atoms with van der Waals surface area (Å²) in [7, 11) is 2.10. The van der Waals surface area contributed by atoms with Crippen molar-refractivity contribution in [3.63, 3.8) is 0 Å². The van der Waals surface area contributed by atoms with E-state index in [4.69, 9.17) is 11.7 Å². The van der Waals surface area contributed by atoms with Crippen LogP contribution in [0.4, 0.5) is 0 Å². The highest BCUT2D eigenvalue weighted by molar-refractivity contribution is 5.96. The molecular formula is C11H23N7. The first kappa shape index (κ1) is 14.5. The molecule has 0 fully saturated rings. The third kappa shape index (κ3) is 3.21. The maximum absolute atomic E-state index is 5.31. The van der Waals surface area contributed by atoms with Gasteiger partial charge in [-0.2, -0.15) is 10.2 Å². The van der Waals surface area contributed by atoms with E-state index in [0.717, 1.165) is 31.7 Å². The van der Waals surface area contributed by atoms with Crippen molar-refractivity contribution in [2.75, 3.05) is 13.6 Å². The van der Waals surface area contributed by atoms with E-state index >= 15 is 0 Å². The SMILES string of the molecule is CC.CN1CCCn2nc(/C(=N/N)NN)cc2C1. The molecule has 1 aromatic rings. The highest BCUT2D eigenvalue weighted by Crippen LogP contribution is 2.12. The second-order valence-electron chi connectivity index (χ2n) is 3.96. The van der Waals surface area contributed by atoms with Crippen molar-refractivity contribution in [1.82, 2.24) is 20.1 Å². The maximum Gasteiger partial charge on any atom is 0.187 e. The van der Waals surface area contributed by atoms with Crippen LogP contribution in [0, 0.1) is 0 Å². The maximum atomic E-state index is 5.31. The molecule has 1 aromatic heterocycles. The Morgan fingerprint density at radius 1 is 1.44 bits per heavy atom. The molecule has 1 aliphatic rings. The summed E-state index contributed by atoms with van der Waals surface area (Å²) < 4.78 is 1.99. The lowest BCUT2D eigenvalue weighted by atomic mass is 10.3. The number of amidine groups is 1. The highest BCUT2D eigenvalue weighted by atomic mass is 15.4. The minimum atomic E-state index is 0.406. The summed E-state index contributed by atoms with van der Waals surface area (Å²) in [6.07, 6.45) is 1.09. The fourth-order valence-corrected chi connectivity index (χ4v) is 1.92. The molecule has 0 amide bonds. The number of aromatic nitrogens is 2. The molecule has 0 aromatic carbocycles. The zero-order chi connectivity index (χ0) is 13.5. The lowest BCUT2D eigenvalue weighted by Gasteiger charge is -2.10. The van der Waals surface area contributed by atoms with Crippen molar-refractivity contribution in [3.8, 4) is 0 Å². The molecule has 7 nitrogen and oxygen atoms in total. The Bertz CT molecular complexity index is 396. The van der Waals surface area contributed by atoms with Gasteiger partial charge in [-0.15, -0.1) is 0 Å². The van der Waals surface area contributed by atoms with E-state index in [0.29, 0.717) is 11.5 Å². The molecule has 18 heavy (non-hydrogen) atoms. The van der Waals surface area contributed by atoms with Gasteiger partial charge in [0.25, 0.3) is 0 Å². The van der Waals surface area contributed by atoms with Crippen LogP contribution in [-0.2, 0) is 13.1 Å². The summed E-state index contributed by atoms with van der Waals surface area (Å²) in [5.74, 6) is 10.9. The molecule has 2 heterocycles. The van der Waals surface area contributed by atoms with Crippen molar-refractivity contribution < 1.29 is 0 Å². The van der Waals surface area contributed by atoms with Gasteiger partial charge in [0.1, 0.15) is 5.69 Å². The van der Waals surface area contributed by atoms with E-state index < -0.39 is 0 Å². The first-order chi connectivity index (χ1) is 8.74. The molecule has 0 bridgehead atoms. The van der Waals surface area contributed by atoms with E-state index in [1.54, 1.807) is 0 Å². The largest absolute Gasteiger partial charge is 0.321 e. The lowest BCUT2D eigenvalue weighted by Crippen LogP contribution is -2.32. The fraction of sp³-hybridized carbons (Fsp3) is 0.636. The summed E-state index contributed by atoms with van der Waals surface area (Å²) in [4.78, 5) is 2.26. The van der Waals surface area contributed by atoms with Crippen LogP contribution in [0.5, 0.6) is 0 Å². The van der Waals surface area contributed by atoms with Crippen molar-refractivity contribution in [2.45, 2.75) is 33.4 Å². The minimum Gasteiger partial charge on any atom is -0.321 e. The summed E-state index contributed by atoms with van der Waals surface area (Å²) in [5, 5.41) is 7.98. The Balaban J connectivity index is 0.000000771. The molecule has 0 saturated heterocycles. The second-order valence-corrected chi connectivity index (χ2v) is 3.96. The molecule has 0 atom stereocenters. The van der Waals surface area contributed by atoms with Gasteiger partial charge >= 0.3 is 0 Å². The van der Waals surface area contributed by atoms with Crippen molar-refractivity contribution in [1.29, 1.82) is 0 Å². The van der Waals surface area contributed by atoms with E-state index in [2.05, 4.69) is 27.6 Å². The first-order valence-electron chi connectivity index (χ1n) is 6.24. The fourth-order valence-electron chi connectivity index (χ4n) is 1.92. The minimum absolute atomic E-state index is 0.406. The Morgan fingerprint density at radius 2 is 2.17 bits per heavy atom. The zero-order valence-corrected chi connectivity index (χ0v) is 11.3. The van der Waals surface area contributed by atoms with Crippen LogP contribution in [0.25, 0.3) is 0 Å². The third-order valence-electron chi connectivity index (χ3n) is 2.71. The third-order valence-corrected chi connectivity index (χ3v) is 2.71. The molecule has 1 aliphatic heterocycles. The lowest BCUT2D eigenvalue weighted by molar-refractivity contribution is 0.332. The van der Waals surface area contributed by atoms with E-state index in [-0.39, 0.29) is 0 Å². The van der Waals surface area contributed by atoms with Gasteiger partial charge in [0, 0.05) is 19.6 Å². The summed E-state index contributed by atoms with van der Waals surface area (Å²) in [6, 6.07) is 1.97. The smallest absolute Gasteiger partial charge is 0.187 e. The quantitative estimate of drug-likeness (QED) is 0.279. The molecule has 0 aliphatic carbocycles. The van der Waals surface area contributed by atoms with Crippen LogP contribution in [0.15, 0.2) is 11.2 Å². The van der Waals surface area contributed by atoms with Crippen LogP contribution < -0.4 is 17.1 Å². The Hall–Kier alpha value is -1.60. The molecule has 102 valence electrons. The average molecular weight is 253 g/mol. The normalized spacial score (nSPS) is 16.3. The number of hydrogen-bond donors (Lipinski definition) is 3. The summed E-state index contributed by atoms with van der Waals surface area (Å²) in [5.41, 5.74) is 4.29. The van der Waals surface area contributed by atoms with Crippen LogP contribution in [0.3, 0.4) is 0 Å². The van der Waals surface area contributed by atoms with Crippen LogP contribution >= 0.6 is 0 Å². The molecule has 0 saturated carbocycles. The molecule has 0 spiro atoms. The topological polar surface area (TPSA) is 97.5 Å². The molecule has 2 rings (SSSR count). The molecule has 5 N–H and O–H groups in total. The van der Waals surface area contributed by atoms with Crippen molar-refractivity contribution >= 4 is 5.84 Å². The number of hydrazine groups is 1. The number of nitrogens with zero attached hydrogens (tertiary/aromatic N) is 4. The average Bonchev–Trinajstić information content (AvgIpc) is 2.68. The predicted molar refractivity (Wildman–Crippen MR) is 72.6 cm³/mol. The zero-order valence-electron chi connectivity index (χ0n) is 11.3. The predicted octanol–water partition coefficient (Wildman–Crippen LogP) is -0.172. The standard InChI is InChI=1S/C9H17N7.C2H6/c1-15-3-2-4-16-7(6-15)5-8(14-16)9(12-10)13-11;1-2/h5H,2-4,6,10-11H2,1H3,(H,12,13);1-2H3. The Labute approximate surface area is 108 Å². The van der Waals surface area contributed by atoms with Crippen LogP contribution in [0.1, 0.15) is 31.7 Å². The van der Waals surface area contributed by atoms with E-state index in [1.807, 2.05) is 24.6 Å². The van der Waals surface area contributed by atoms with Gasteiger partial charge in [-0.3, -0.25) is 4.68 Å². The van der Waals surface area contributed by atoms with E-state index in [1.165, 1.54) is 0 Å². The Morgan fingerprint density at radius 3 is 2.78 bits per heavy atom. The second kappa shape index (κ2) is 6.97. The molecular weight excluding hydrogens is 230 g/mol. The molecule has 0 radical (unpaired) electrons. The number of nitrogens with one attached hydrogen (secondary N) is 1. The summed E-state index contributed by atoms with van der Waals surface area (Å²) in [6.45, 7) is 6.89. The highest BCUT2D eigenvalue weighted by Gasteiger charge is 2.16. The van der Waals surface area contributed by atoms with Crippen LogP contribution in [-0.4, -0.2) is 34.1 Å². The Kier molecular flexibility index (Phi) is 5.60. The number of rotatable bonds is 1. The van der Waals surface area contributed by atoms with Gasteiger partial charge < -0.3 is 16.2 Å². The van der Waals surface area contributed by atoms with Crippen LogP contribution in [0.2, 0.25) is 0 Å². The number of nitrogens with two attached hydrogens (primary N) is 2. The first-order valence-corrected chi connectivity index (χ1v) is 6.24. The van der Waals surface area contributed by atoms with Gasteiger partial charge in [-0.25, -0.2) is 5.84 Å². The molecule has 7 heteroatoms. The number of aryl methyl sites for hydroxylation is 1. The number of fused-ring (bicyclic) bond motifs is 1. The number of hydrazone groups is 1. The monoisotopic (exact) mass is 253 g/mol. The van der Waals surface area contributed by atoms with Crippen molar-refractivity contribution in [3.05, 3.63) is 17.5 Å². The summed E-state index contributed by atoms with van der Waals surface area (Å²) >= 11 is 0. The van der Waals surface area contributed by atoms with Gasteiger partial charge in [-0.1, -0.05) is 13.8 Å². The van der Waals surface area contributed by atoms with Gasteiger partial charge in [0.15, 0.2) is 5.84 Å². The number of hydrogen-bond acceptors (Lipinski definition) is 5. The van der Waals surface area contributed by atoms with Gasteiger partial charge in [0.05, 0.1) is 5.69 Å². The molecule has 0 unspecified atom stereocenters. The van der Waals surface area contributed by atoms with Gasteiger partial charge in [0.2, 0.25) is 0 Å². The van der Waals surface area contributed by atoms with Gasteiger partial charge in [-0.05, 0) is 19.5 Å². The van der Waals surface area contributed by atoms with E-state index in [9.17, 15) is 0 Å².